The number of hydrogen-bond donors (Lipinski definition) is 0. The smallest absolute Gasteiger partial charge is 0.302 e. The van der Waals surface area contributed by atoms with Crippen LogP contribution in [0.2, 0.25) is 0 Å². The highest BCUT2D eigenvalue weighted by atomic mass is 127. The lowest BCUT2D eigenvalue weighted by Crippen LogP contribution is -2.57. The second-order valence-electron chi connectivity index (χ2n) is 12.8. The quantitative estimate of drug-likeness (QED) is 0.219. The molecule has 1 aliphatic heterocycles. The molecule has 6 heteroatoms. The van der Waals surface area contributed by atoms with Crippen LogP contribution in [0, 0.1) is 46.3 Å². The predicted molar refractivity (Wildman–Crippen MR) is 142 cm³/mol. The number of halogens is 1. The molecule has 0 spiro atoms. The maximum absolute atomic E-state index is 14.0. The van der Waals surface area contributed by atoms with Crippen molar-refractivity contribution in [3.63, 3.8) is 0 Å². The van der Waals surface area contributed by atoms with Crippen molar-refractivity contribution >= 4 is 40.1 Å². The van der Waals surface area contributed by atoms with Gasteiger partial charge in [-0.2, -0.15) is 0 Å². The Labute approximate surface area is 223 Å². The number of allylic oxidation sites excluding steroid dienone is 1. The SMILES string of the molecule is CC(=O)O[C@H]1CC[C@@]2(C)[C@@H](CC[C@@H]3[C@@H]2CC(=O)[C@@]2(C)[C@H]3C[C@@H]3OC(C(=O)CC(C)CI)=C(C)[C@@H]32)C1. The average Bonchev–Trinajstić information content (AvgIpc) is 3.29. The van der Waals surface area contributed by atoms with Gasteiger partial charge in [0.1, 0.15) is 18.0 Å². The third-order valence-electron chi connectivity index (χ3n) is 11.0. The first-order valence-electron chi connectivity index (χ1n) is 13.7. The fourth-order valence-electron chi connectivity index (χ4n) is 9.26. The lowest BCUT2D eigenvalue weighted by atomic mass is 9.44. The molecule has 5 rings (SSSR count). The molecule has 4 saturated carbocycles. The van der Waals surface area contributed by atoms with Crippen molar-refractivity contribution in [2.24, 2.45) is 46.3 Å². The zero-order chi connectivity index (χ0) is 25.3. The van der Waals surface area contributed by atoms with E-state index < -0.39 is 5.41 Å². The summed E-state index contributed by atoms with van der Waals surface area (Å²) in [5, 5.41) is 0. The van der Waals surface area contributed by atoms with Crippen molar-refractivity contribution in [3.8, 4) is 0 Å². The summed E-state index contributed by atoms with van der Waals surface area (Å²) >= 11 is 2.33. The molecule has 5 aliphatic rings. The van der Waals surface area contributed by atoms with Crippen molar-refractivity contribution in [2.45, 2.75) is 98.2 Å². The Morgan fingerprint density at radius 1 is 1.17 bits per heavy atom. The van der Waals surface area contributed by atoms with Gasteiger partial charge in [-0.15, -0.1) is 0 Å². The molecule has 5 nitrogen and oxygen atoms in total. The lowest BCUT2D eigenvalue weighted by molar-refractivity contribution is -0.165. The number of alkyl halides is 1. The van der Waals surface area contributed by atoms with E-state index in [1.165, 1.54) is 6.92 Å². The van der Waals surface area contributed by atoms with Crippen molar-refractivity contribution in [1.29, 1.82) is 0 Å². The van der Waals surface area contributed by atoms with E-state index in [1.54, 1.807) is 0 Å². The molecule has 0 aromatic heterocycles. The van der Waals surface area contributed by atoms with Gasteiger partial charge in [0.05, 0.1) is 0 Å². The van der Waals surface area contributed by atoms with E-state index in [1.807, 2.05) is 6.92 Å². The van der Waals surface area contributed by atoms with Gasteiger partial charge in [-0.3, -0.25) is 14.4 Å². The summed E-state index contributed by atoms with van der Waals surface area (Å²) in [5.74, 6) is 3.03. The maximum Gasteiger partial charge on any atom is 0.302 e. The molecule has 0 aromatic carbocycles. The van der Waals surface area contributed by atoms with E-state index in [0.29, 0.717) is 54.0 Å². The van der Waals surface area contributed by atoms with Gasteiger partial charge in [0.25, 0.3) is 0 Å². The Balaban J connectivity index is 1.39. The minimum Gasteiger partial charge on any atom is -0.486 e. The minimum atomic E-state index is -0.426. The van der Waals surface area contributed by atoms with Crippen LogP contribution in [-0.4, -0.2) is 34.2 Å². The molecule has 0 amide bonds. The van der Waals surface area contributed by atoms with Crippen LogP contribution in [0.15, 0.2) is 11.3 Å². The van der Waals surface area contributed by atoms with E-state index in [2.05, 4.69) is 43.4 Å². The van der Waals surface area contributed by atoms with E-state index in [0.717, 1.165) is 48.5 Å². The van der Waals surface area contributed by atoms with Crippen LogP contribution >= 0.6 is 22.6 Å². The topological polar surface area (TPSA) is 69.7 Å². The van der Waals surface area contributed by atoms with Crippen LogP contribution in [0.4, 0.5) is 0 Å². The summed E-state index contributed by atoms with van der Waals surface area (Å²) in [6, 6.07) is 0. The van der Waals surface area contributed by atoms with Gasteiger partial charge in [0.2, 0.25) is 0 Å². The van der Waals surface area contributed by atoms with Gasteiger partial charge in [-0.1, -0.05) is 43.4 Å². The Bertz CT molecular complexity index is 957. The third kappa shape index (κ3) is 3.94. The van der Waals surface area contributed by atoms with Gasteiger partial charge >= 0.3 is 5.97 Å². The van der Waals surface area contributed by atoms with Crippen molar-refractivity contribution < 1.29 is 23.9 Å². The fraction of sp³-hybridized carbons (Fsp3) is 0.828. The van der Waals surface area contributed by atoms with E-state index >= 15 is 0 Å². The molecule has 1 heterocycles. The number of esters is 1. The van der Waals surface area contributed by atoms with Gasteiger partial charge < -0.3 is 9.47 Å². The number of Topliss-reactive ketones (excluding diaryl/α,β-unsaturated/α-hetero) is 2. The average molecular weight is 597 g/mol. The molecule has 0 aromatic rings. The molecular formula is C29H41IO5. The Morgan fingerprint density at radius 2 is 1.91 bits per heavy atom. The first-order chi connectivity index (χ1) is 16.5. The summed E-state index contributed by atoms with van der Waals surface area (Å²) < 4.78 is 12.9. The number of carbonyl (C=O) groups excluding carboxylic acids is 3. The number of ketones is 2. The maximum atomic E-state index is 14.0. The summed E-state index contributed by atoms with van der Waals surface area (Å²) in [6.07, 6.45) is 7.22. The highest BCUT2D eigenvalue weighted by molar-refractivity contribution is 14.1. The number of hydrogen-bond acceptors (Lipinski definition) is 5. The van der Waals surface area contributed by atoms with Crippen molar-refractivity contribution in [3.05, 3.63) is 11.3 Å². The largest absolute Gasteiger partial charge is 0.486 e. The van der Waals surface area contributed by atoms with Crippen LogP contribution in [0.1, 0.15) is 86.0 Å². The molecule has 4 fully saturated rings. The molecular weight excluding hydrogens is 555 g/mol. The summed E-state index contributed by atoms with van der Waals surface area (Å²) in [7, 11) is 0. The standard InChI is InChI=1S/C29H41IO5/c1-15(14-30)10-23(32)27-16(2)26-24(35-27)12-22-20-7-6-18-11-19(34-17(3)31)8-9-28(18,4)21(20)13-25(33)29(22,26)5/h15,18-22,24,26H,6-14H2,1-5H3/t15?,18-,19-,20+,21-,22-,24-,26-,28-,29+/m0/s1. The highest BCUT2D eigenvalue weighted by Gasteiger charge is 2.68. The van der Waals surface area contributed by atoms with Gasteiger partial charge in [0, 0.05) is 35.5 Å². The Hall–Kier alpha value is -0.920. The van der Waals surface area contributed by atoms with Crippen LogP contribution in [0.3, 0.4) is 0 Å². The number of fused-ring (bicyclic) bond motifs is 7. The van der Waals surface area contributed by atoms with Crippen LogP contribution in [0.5, 0.6) is 0 Å². The Morgan fingerprint density at radius 3 is 2.60 bits per heavy atom. The van der Waals surface area contributed by atoms with Gasteiger partial charge in [-0.25, -0.2) is 0 Å². The fourth-order valence-corrected chi connectivity index (χ4v) is 9.57. The molecule has 10 atom stereocenters. The lowest BCUT2D eigenvalue weighted by Gasteiger charge is -2.60. The monoisotopic (exact) mass is 596 g/mol. The van der Waals surface area contributed by atoms with Gasteiger partial charge in [0.15, 0.2) is 11.5 Å². The van der Waals surface area contributed by atoms with Gasteiger partial charge in [-0.05, 0) is 86.0 Å². The minimum absolute atomic E-state index is 0.0320. The second-order valence-corrected chi connectivity index (χ2v) is 13.7. The first kappa shape index (κ1) is 25.7. The highest BCUT2D eigenvalue weighted by Crippen LogP contribution is 2.68. The molecule has 0 saturated heterocycles. The molecule has 1 unspecified atom stereocenters. The zero-order valence-electron chi connectivity index (χ0n) is 21.9. The molecule has 0 N–H and O–H groups in total. The predicted octanol–water partition coefficient (Wildman–Crippen LogP) is 6.07. The van der Waals surface area contributed by atoms with Crippen molar-refractivity contribution in [2.75, 3.05) is 4.43 Å². The summed E-state index contributed by atoms with van der Waals surface area (Å²) in [6.45, 7) is 10.3. The number of rotatable bonds is 5. The summed E-state index contributed by atoms with van der Waals surface area (Å²) in [4.78, 5) is 38.6. The van der Waals surface area contributed by atoms with E-state index in [4.69, 9.17) is 9.47 Å². The van der Waals surface area contributed by atoms with Crippen LogP contribution in [-0.2, 0) is 23.9 Å². The van der Waals surface area contributed by atoms with E-state index in [-0.39, 0.29) is 35.3 Å². The molecule has 0 bridgehead atoms. The van der Waals surface area contributed by atoms with E-state index in [9.17, 15) is 14.4 Å². The third-order valence-corrected chi connectivity index (χ3v) is 12.5. The second kappa shape index (κ2) is 9.13. The zero-order valence-corrected chi connectivity index (χ0v) is 24.1. The normalized spacial score (nSPS) is 45.1. The molecule has 4 aliphatic carbocycles. The van der Waals surface area contributed by atoms with Crippen molar-refractivity contribution in [1.82, 2.24) is 0 Å². The molecule has 194 valence electrons. The Kier molecular flexibility index (Phi) is 6.71. The first-order valence-corrected chi connectivity index (χ1v) is 15.2. The molecule has 35 heavy (non-hydrogen) atoms. The molecule has 0 radical (unpaired) electrons. The number of ether oxygens (including phenoxy) is 2. The summed E-state index contributed by atoms with van der Waals surface area (Å²) in [5.41, 5.74) is 0.737. The van der Waals surface area contributed by atoms with Crippen LogP contribution in [0.25, 0.3) is 0 Å². The van der Waals surface area contributed by atoms with Crippen LogP contribution < -0.4 is 0 Å². The number of carbonyl (C=O) groups is 3.